The molecule has 0 aliphatic heterocycles. The molecule has 0 spiro atoms. The molecule has 3 rings (SSSR count). The monoisotopic (exact) mass is 265 g/mol. The van der Waals surface area contributed by atoms with Crippen LogP contribution in [0, 0.1) is 6.92 Å². The summed E-state index contributed by atoms with van der Waals surface area (Å²) in [6.45, 7) is 6.35. The molecule has 0 fully saturated rings. The molecule has 0 aliphatic carbocycles. The molecular weight excluding hydrogens is 246 g/mol. The van der Waals surface area contributed by atoms with Gasteiger partial charge in [-0.25, -0.2) is 4.98 Å². The van der Waals surface area contributed by atoms with Crippen molar-refractivity contribution in [3.8, 4) is 0 Å². The summed E-state index contributed by atoms with van der Waals surface area (Å²) in [6.07, 6.45) is 2.08. The first-order valence-corrected chi connectivity index (χ1v) is 6.95. The number of hydrogen-bond donors (Lipinski definition) is 1. The van der Waals surface area contributed by atoms with Crippen molar-refractivity contribution in [1.29, 1.82) is 0 Å². The van der Waals surface area contributed by atoms with E-state index in [2.05, 4.69) is 77.4 Å². The molecular formula is C17H19N3. The Morgan fingerprint density at radius 3 is 2.60 bits per heavy atom. The second kappa shape index (κ2) is 5.00. The lowest BCUT2D eigenvalue weighted by atomic mass is 10.1. The average Bonchev–Trinajstić information content (AvgIpc) is 2.80. The maximum absolute atomic E-state index is 4.59. The number of imidazole rings is 1. The molecule has 1 heterocycles. The van der Waals surface area contributed by atoms with E-state index >= 15 is 0 Å². The molecule has 0 aliphatic rings. The van der Waals surface area contributed by atoms with Gasteiger partial charge in [-0.2, -0.15) is 0 Å². The fourth-order valence-electron chi connectivity index (χ4n) is 2.46. The van der Waals surface area contributed by atoms with Crippen LogP contribution in [-0.2, 0) is 0 Å². The standard InChI is InChI=1S/C17H19N3/c1-12(2)20-11-13(3)18-17(20)19-16-10-6-8-14-7-4-5-9-15(14)16/h4-12H,1-3H3,(H,18,19). The molecule has 0 bridgehead atoms. The zero-order valence-electron chi connectivity index (χ0n) is 12.1. The molecule has 0 amide bonds. The van der Waals surface area contributed by atoms with Gasteiger partial charge in [0.1, 0.15) is 0 Å². The third kappa shape index (κ3) is 2.27. The Kier molecular flexibility index (Phi) is 3.18. The first-order chi connectivity index (χ1) is 9.65. The van der Waals surface area contributed by atoms with Gasteiger partial charge in [-0.3, -0.25) is 0 Å². The number of hydrogen-bond acceptors (Lipinski definition) is 2. The van der Waals surface area contributed by atoms with Crippen molar-refractivity contribution >= 4 is 22.4 Å². The molecule has 3 nitrogen and oxygen atoms in total. The van der Waals surface area contributed by atoms with Crippen molar-refractivity contribution < 1.29 is 0 Å². The Balaban J connectivity index is 2.06. The van der Waals surface area contributed by atoms with Gasteiger partial charge in [-0.1, -0.05) is 36.4 Å². The molecule has 3 heteroatoms. The minimum atomic E-state index is 0.383. The highest BCUT2D eigenvalue weighted by molar-refractivity contribution is 5.94. The van der Waals surface area contributed by atoms with Gasteiger partial charge in [0.2, 0.25) is 5.95 Å². The smallest absolute Gasteiger partial charge is 0.207 e. The number of aryl methyl sites for hydroxylation is 1. The van der Waals surface area contributed by atoms with Crippen molar-refractivity contribution in [2.75, 3.05) is 5.32 Å². The molecule has 3 aromatic rings. The quantitative estimate of drug-likeness (QED) is 0.745. The summed E-state index contributed by atoms with van der Waals surface area (Å²) < 4.78 is 2.16. The van der Waals surface area contributed by atoms with Gasteiger partial charge in [0.25, 0.3) is 0 Å². The van der Waals surface area contributed by atoms with Crippen LogP contribution in [0.1, 0.15) is 25.6 Å². The zero-order valence-corrected chi connectivity index (χ0v) is 12.1. The second-order valence-electron chi connectivity index (χ2n) is 5.36. The van der Waals surface area contributed by atoms with E-state index in [-0.39, 0.29) is 0 Å². The molecule has 1 N–H and O–H groups in total. The van der Waals surface area contributed by atoms with Crippen LogP contribution in [0.4, 0.5) is 11.6 Å². The van der Waals surface area contributed by atoms with E-state index in [1.807, 2.05) is 6.92 Å². The van der Waals surface area contributed by atoms with Crippen LogP contribution in [0.25, 0.3) is 10.8 Å². The van der Waals surface area contributed by atoms with Crippen molar-refractivity contribution in [2.45, 2.75) is 26.8 Å². The maximum Gasteiger partial charge on any atom is 0.207 e. The molecule has 1 aromatic heterocycles. The predicted molar refractivity (Wildman–Crippen MR) is 84.6 cm³/mol. The summed E-state index contributed by atoms with van der Waals surface area (Å²) in [4.78, 5) is 4.59. The third-order valence-electron chi connectivity index (χ3n) is 3.45. The molecule has 0 saturated heterocycles. The van der Waals surface area contributed by atoms with Crippen LogP contribution in [0.5, 0.6) is 0 Å². The molecule has 2 aromatic carbocycles. The minimum Gasteiger partial charge on any atom is -0.325 e. The third-order valence-corrected chi connectivity index (χ3v) is 3.45. The molecule has 102 valence electrons. The zero-order chi connectivity index (χ0) is 14.1. The number of rotatable bonds is 3. The van der Waals surface area contributed by atoms with E-state index in [9.17, 15) is 0 Å². The highest BCUT2D eigenvalue weighted by Crippen LogP contribution is 2.27. The van der Waals surface area contributed by atoms with E-state index in [0.717, 1.165) is 17.3 Å². The Morgan fingerprint density at radius 2 is 1.80 bits per heavy atom. The largest absolute Gasteiger partial charge is 0.325 e. The van der Waals surface area contributed by atoms with Crippen LogP contribution in [0.3, 0.4) is 0 Å². The summed E-state index contributed by atoms with van der Waals surface area (Å²) in [7, 11) is 0. The second-order valence-corrected chi connectivity index (χ2v) is 5.36. The molecule has 0 saturated carbocycles. The molecule has 20 heavy (non-hydrogen) atoms. The Hall–Kier alpha value is -2.29. The van der Waals surface area contributed by atoms with Gasteiger partial charge in [0.05, 0.1) is 5.69 Å². The molecule has 0 unspecified atom stereocenters. The van der Waals surface area contributed by atoms with E-state index in [0.29, 0.717) is 6.04 Å². The number of benzene rings is 2. The maximum atomic E-state index is 4.59. The lowest BCUT2D eigenvalue weighted by Gasteiger charge is -2.14. The van der Waals surface area contributed by atoms with Gasteiger partial charge in [-0.05, 0) is 32.2 Å². The van der Waals surface area contributed by atoms with Crippen molar-refractivity contribution in [1.82, 2.24) is 9.55 Å². The molecule has 0 atom stereocenters. The van der Waals surface area contributed by atoms with E-state index in [1.54, 1.807) is 0 Å². The van der Waals surface area contributed by atoms with Crippen molar-refractivity contribution in [2.24, 2.45) is 0 Å². The van der Waals surface area contributed by atoms with Crippen molar-refractivity contribution in [3.63, 3.8) is 0 Å². The predicted octanol–water partition coefficient (Wildman–Crippen LogP) is 4.67. The van der Waals surface area contributed by atoms with Crippen molar-refractivity contribution in [3.05, 3.63) is 54.4 Å². The first-order valence-electron chi connectivity index (χ1n) is 6.95. The summed E-state index contributed by atoms with van der Waals surface area (Å²) in [6, 6.07) is 15.1. The average molecular weight is 265 g/mol. The summed E-state index contributed by atoms with van der Waals surface area (Å²) in [5.74, 6) is 0.897. The van der Waals surface area contributed by atoms with E-state index < -0.39 is 0 Å². The highest BCUT2D eigenvalue weighted by Gasteiger charge is 2.09. The lowest BCUT2D eigenvalue weighted by Crippen LogP contribution is -2.05. The number of nitrogens with zero attached hydrogens (tertiary/aromatic N) is 2. The van der Waals surface area contributed by atoms with Gasteiger partial charge >= 0.3 is 0 Å². The highest BCUT2D eigenvalue weighted by atomic mass is 15.2. The fourth-order valence-corrected chi connectivity index (χ4v) is 2.46. The Labute approximate surface area is 119 Å². The summed E-state index contributed by atoms with van der Waals surface area (Å²) >= 11 is 0. The van der Waals surface area contributed by atoms with E-state index in [4.69, 9.17) is 0 Å². The summed E-state index contributed by atoms with van der Waals surface area (Å²) in [5, 5.41) is 5.92. The normalized spacial score (nSPS) is 11.2. The minimum absolute atomic E-state index is 0.383. The summed E-state index contributed by atoms with van der Waals surface area (Å²) in [5.41, 5.74) is 2.12. The van der Waals surface area contributed by atoms with Crippen LogP contribution < -0.4 is 5.32 Å². The van der Waals surface area contributed by atoms with Gasteiger partial charge < -0.3 is 9.88 Å². The SMILES string of the molecule is Cc1cn(C(C)C)c(Nc2cccc3ccccc23)n1. The van der Waals surface area contributed by atoms with Gasteiger partial charge in [0.15, 0.2) is 0 Å². The van der Waals surface area contributed by atoms with Crippen LogP contribution >= 0.6 is 0 Å². The number of aromatic nitrogens is 2. The number of nitrogens with one attached hydrogen (secondary N) is 1. The van der Waals surface area contributed by atoms with E-state index in [1.165, 1.54) is 10.8 Å². The number of fused-ring (bicyclic) bond motifs is 1. The topological polar surface area (TPSA) is 29.9 Å². The van der Waals surface area contributed by atoms with Gasteiger partial charge in [-0.15, -0.1) is 0 Å². The number of anilines is 2. The van der Waals surface area contributed by atoms with Crippen LogP contribution in [0.15, 0.2) is 48.7 Å². The fraction of sp³-hybridized carbons (Fsp3) is 0.235. The lowest BCUT2D eigenvalue weighted by molar-refractivity contribution is 0.607. The Bertz CT molecular complexity index is 736. The van der Waals surface area contributed by atoms with Crippen LogP contribution in [-0.4, -0.2) is 9.55 Å². The molecule has 0 radical (unpaired) electrons. The first kappa shape index (κ1) is 12.7. The Morgan fingerprint density at radius 1 is 1.05 bits per heavy atom. The van der Waals surface area contributed by atoms with Gasteiger partial charge in [0, 0.05) is 23.3 Å². The van der Waals surface area contributed by atoms with Crippen LogP contribution in [0.2, 0.25) is 0 Å².